The first-order valence-electron chi connectivity index (χ1n) is 8.14. The highest BCUT2D eigenvalue weighted by atomic mass is 35.5. The van der Waals surface area contributed by atoms with E-state index in [1.807, 2.05) is 0 Å². The molecule has 0 saturated heterocycles. The summed E-state index contributed by atoms with van der Waals surface area (Å²) in [4.78, 5) is 19.4. The van der Waals surface area contributed by atoms with Gasteiger partial charge in [-0.15, -0.1) is 0 Å². The zero-order chi connectivity index (χ0) is 20.5. The monoisotopic (exact) mass is 413 g/mol. The van der Waals surface area contributed by atoms with Gasteiger partial charge in [-0.05, 0) is 5.56 Å². The van der Waals surface area contributed by atoms with Crippen molar-refractivity contribution >= 4 is 28.8 Å². The minimum absolute atomic E-state index is 0.116. The Kier molecular flexibility index (Phi) is 5.41. The Labute approximate surface area is 163 Å². The fourth-order valence-corrected chi connectivity index (χ4v) is 2.94. The first kappa shape index (κ1) is 19.9. The van der Waals surface area contributed by atoms with Gasteiger partial charge in [-0.3, -0.25) is 15.1 Å². The Morgan fingerprint density at radius 3 is 2.61 bits per heavy atom. The highest BCUT2D eigenvalue weighted by molar-refractivity contribution is 6.29. The van der Waals surface area contributed by atoms with E-state index in [9.17, 15) is 23.3 Å². The van der Waals surface area contributed by atoms with E-state index in [4.69, 9.17) is 11.6 Å². The molecule has 2 heterocycles. The lowest BCUT2D eigenvalue weighted by atomic mass is 10.1. The molecule has 1 atom stereocenters. The maximum Gasteiger partial charge on any atom is 0.412 e. The molecular weight excluding hydrogens is 399 g/mol. The molecular formula is C17H15ClF3N5O2. The molecule has 1 N–H and O–H groups in total. The molecule has 1 aromatic carbocycles. The summed E-state index contributed by atoms with van der Waals surface area (Å²) in [6.07, 6.45) is -3.31. The molecule has 0 radical (unpaired) electrons. The van der Waals surface area contributed by atoms with Gasteiger partial charge < -0.3 is 10.2 Å². The number of aromatic nitrogens is 1. The third-order valence-electron chi connectivity index (χ3n) is 4.21. The van der Waals surface area contributed by atoms with Gasteiger partial charge in [0.25, 0.3) is 0 Å². The van der Waals surface area contributed by atoms with Crippen molar-refractivity contribution in [1.82, 2.24) is 9.88 Å². The third kappa shape index (κ3) is 4.33. The van der Waals surface area contributed by atoms with Gasteiger partial charge in [-0.1, -0.05) is 35.9 Å². The average Bonchev–Trinajstić information content (AvgIpc) is 3.02. The highest BCUT2D eigenvalue weighted by Crippen LogP contribution is 2.29. The Hall–Kier alpha value is -2.88. The van der Waals surface area contributed by atoms with Gasteiger partial charge in [0, 0.05) is 25.2 Å². The molecule has 148 valence electrons. The predicted octanol–water partition coefficient (Wildman–Crippen LogP) is 3.88. The molecule has 28 heavy (non-hydrogen) atoms. The molecule has 7 nitrogen and oxygen atoms in total. The number of benzene rings is 1. The van der Waals surface area contributed by atoms with Crippen LogP contribution in [-0.4, -0.2) is 46.5 Å². The lowest BCUT2D eigenvalue weighted by Crippen LogP contribution is -2.32. The molecule has 0 spiro atoms. The van der Waals surface area contributed by atoms with Crippen LogP contribution in [0, 0.1) is 10.1 Å². The number of amidine groups is 1. The van der Waals surface area contributed by atoms with E-state index in [0.29, 0.717) is 5.56 Å². The number of alkyl halides is 3. The fraction of sp³-hybridized carbons (Fsp3) is 0.294. The molecule has 0 saturated carbocycles. The normalized spacial score (nSPS) is 16.8. The van der Waals surface area contributed by atoms with Crippen LogP contribution in [-0.2, 0) is 6.54 Å². The van der Waals surface area contributed by atoms with Crippen LogP contribution in [0.25, 0.3) is 0 Å². The summed E-state index contributed by atoms with van der Waals surface area (Å²) in [5.41, 5.74) is 1.36. The van der Waals surface area contributed by atoms with E-state index in [1.165, 1.54) is 11.0 Å². The van der Waals surface area contributed by atoms with Gasteiger partial charge in [-0.2, -0.15) is 13.2 Å². The van der Waals surface area contributed by atoms with Crippen molar-refractivity contribution in [3.8, 4) is 0 Å². The van der Waals surface area contributed by atoms with E-state index in [2.05, 4.69) is 15.3 Å². The van der Waals surface area contributed by atoms with Gasteiger partial charge in [0.2, 0.25) is 0 Å². The third-order valence-corrected chi connectivity index (χ3v) is 4.41. The van der Waals surface area contributed by atoms with Gasteiger partial charge >= 0.3 is 11.9 Å². The zero-order valence-corrected chi connectivity index (χ0v) is 15.3. The Bertz CT molecular complexity index is 918. The topological polar surface area (TPSA) is 83.7 Å². The Balaban J connectivity index is 1.73. The number of pyridine rings is 1. The molecule has 1 aromatic heterocycles. The summed E-state index contributed by atoms with van der Waals surface area (Å²) in [6, 6.07) is 6.39. The van der Waals surface area contributed by atoms with E-state index < -0.39 is 17.1 Å². The van der Waals surface area contributed by atoms with Crippen LogP contribution in [0.3, 0.4) is 0 Å². The molecule has 2 aromatic rings. The molecule has 0 bridgehead atoms. The lowest BCUT2D eigenvalue weighted by Gasteiger charge is -2.16. The standard InChI is InChI=1S/C17H15ClF3N5O2/c1-25-9-14(17(19,20)21)24-16(25)11-4-2-10(3-5-11)7-22-12-6-15(18)23-8-13(12)26(27)28/h2-6,8,14H,7,9H2,1H3,(H,22,23). The molecule has 1 aliphatic rings. The average molecular weight is 414 g/mol. The molecule has 3 rings (SSSR count). The van der Waals surface area contributed by atoms with Crippen LogP contribution in [0.4, 0.5) is 24.5 Å². The zero-order valence-electron chi connectivity index (χ0n) is 14.6. The largest absolute Gasteiger partial charge is 0.412 e. The number of aliphatic imine (C=N–C) groups is 1. The number of nitro groups is 1. The van der Waals surface area contributed by atoms with Crippen molar-refractivity contribution in [2.75, 3.05) is 18.9 Å². The summed E-state index contributed by atoms with van der Waals surface area (Å²) < 4.78 is 38.6. The van der Waals surface area contributed by atoms with E-state index in [1.54, 1.807) is 31.3 Å². The van der Waals surface area contributed by atoms with Crippen molar-refractivity contribution in [2.24, 2.45) is 4.99 Å². The highest BCUT2D eigenvalue weighted by Gasteiger charge is 2.44. The SMILES string of the molecule is CN1CC(C(F)(F)F)N=C1c1ccc(CNc2cc(Cl)ncc2[N+](=O)[O-])cc1. The summed E-state index contributed by atoms with van der Waals surface area (Å²) in [5, 5.41) is 14.1. The molecule has 0 fully saturated rings. The maximum atomic E-state index is 12.9. The molecule has 1 aliphatic heterocycles. The smallest absolute Gasteiger partial charge is 0.375 e. The van der Waals surface area contributed by atoms with Crippen LogP contribution < -0.4 is 5.32 Å². The lowest BCUT2D eigenvalue weighted by molar-refractivity contribution is -0.384. The quantitative estimate of drug-likeness (QED) is 0.457. The molecule has 1 unspecified atom stereocenters. The van der Waals surface area contributed by atoms with Crippen LogP contribution in [0.2, 0.25) is 5.15 Å². The summed E-state index contributed by atoms with van der Waals surface area (Å²) in [7, 11) is 1.56. The van der Waals surface area contributed by atoms with Crippen molar-refractivity contribution in [2.45, 2.75) is 18.8 Å². The molecule has 11 heteroatoms. The van der Waals surface area contributed by atoms with Crippen molar-refractivity contribution in [3.05, 3.63) is 62.9 Å². The minimum atomic E-state index is -4.37. The number of rotatable bonds is 5. The van der Waals surface area contributed by atoms with Crippen LogP contribution in [0.1, 0.15) is 11.1 Å². The van der Waals surface area contributed by atoms with Crippen LogP contribution in [0.5, 0.6) is 0 Å². The van der Waals surface area contributed by atoms with Crippen molar-refractivity contribution < 1.29 is 18.1 Å². The minimum Gasteiger partial charge on any atom is -0.375 e. The summed E-state index contributed by atoms with van der Waals surface area (Å²) in [6.45, 7) is 0.0452. The van der Waals surface area contributed by atoms with Crippen LogP contribution >= 0.6 is 11.6 Å². The number of halogens is 4. The molecule has 0 amide bonds. The van der Waals surface area contributed by atoms with E-state index >= 15 is 0 Å². The second-order valence-corrected chi connectivity index (χ2v) is 6.61. The number of anilines is 1. The first-order chi connectivity index (χ1) is 13.1. The van der Waals surface area contributed by atoms with Gasteiger partial charge in [0.15, 0.2) is 6.04 Å². The number of nitrogens with one attached hydrogen (secondary N) is 1. The van der Waals surface area contributed by atoms with Gasteiger partial charge in [0.1, 0.15) is 22.9 Å². The van der Waals surface area contributed by atoms with Crippen LogP contribution in [0.15, 0.2) is 41.5 Å². The van der Waals surface area contributed by atoms with Crippen molar-refractivity contribution in [1.29, 1.82) is 0 Å². The fourth-order valence-electron chi connectivity index (χ4n) is 2.78. The van der Waals surface area contributed by atoms with Crippen molar-refractivity contribution in [3.63, 3.8) is 0 Å². The van der Waals surface area contributed by atoms with E-state index in [-0.39, 0.29) is 35.5 Å². The Morgan fingerprint density at radius 2 is 2.04 bits per heavy atom. The number of nitrogens with zero attached hydrogens (tertiary/aromatic N) is 4. The maximum absolute atomic E-state index is 12.9. The Morgan fingerprint density at radius 1 is 1.36 bits per heavy atom. The first-order valence-corrected chi connectivity index (χ1v) is 8.51. The second-order valence-electron chi connectivity index (χ2n) is 6.22. The number of hydrogen-bond donors (Lipinski definition) is 1. The summed E-state index contributed by atoms with van der Waals surface area (Å²) >= 11 is 5.78. The van der Waals surface area contributed by atoms with Gasteiger partial charge in [-0.25, -0.2) is 4.98 Å². The van der Waals surface area contributed by atoms with E-state index in [0.717, 1.165) is 11.8 Å². The predicted molar refractivity (Wildman–Crippen MR) is 98.7 cm³/mol. The second kappa shape index (κ2) is 7.63. The molecule has 0 aliphatic carbocycles. The van der Waals surface area contributed by atoms with Gasteiger partial charge in [0.05, 0.1) is 11.5 Å². The summed E-state index contributed by atoms with van der Waals surface area (Å²) in [5.74, 6) is 0.276. The number of likely N-dealkylation sites (N-methyl/N-ethyl adjacent to an activating group) is 1. The number of hydrogen-bond acceptors (Lipinski definition) is 6.